The SMILES string of the molecule is Cc1cccc(N(CC(=O)Nc2ccc(S(=O)(=O)Nc3cccc4ccccc34)cc2)S(=O)(=O)c2ccc(Cl)cc2)c1. The molecule has 0 bridgehead atoms. The third-order valence-electron chi connectivity index (χ3n) is 6.46. The van der Waals surface area contributed by atoms with Crippen molar-refractivity contribution in [1.29, 1.82) is 0 Å². The van der Waals surface area contributed by atoms with Crippen molar-refractivity contribution in [3.8, 4) is 0 Å². The molecule has 11 heteroatoms. The maximum Gasteiger partial charge on any atom is 0.264 e. The summed E-state index contributed by atoms with van der Waals surface area (Å²) in [5.41, 5.74) is 1.89. The summed E-state index contributed by atoms with van der Waals surface area (Å²) in [5.74, 6) is -0.612. The summed E-state index contributed by atoms with van der Waals surface area (Å²) in [5, 5.41) is 4.70. The standard InChI is InChI=1S/C31H26ClN3O5S2/c1-22-6-4-9-26(20-22)35(42(39,40)28-16-12-24(32)13-17-28)21-31(36)33-25-14-18-27(19-15-25)41(37,38)34-30-11-5-8-23-7-2-3-10-29(23)30/h2-20,34H,21H2,1H3,(H,33,36). The van der Waals surface area contributed by atoms with Gasteiger partial charge in [0.15, 0.2) is 0 Å². The van der Waals surface area contributed by atoms with Crippen molar-refractivity contribution in [2.45, 2.75) is 16.7 Å². The van der Waals surface area contributed by atoms with E-state index in [4.69, 9.17) is 11.6 Å². The normalized spacial score (nSPS) is 11.7. The fourth-order valence-electron chi connectivity index (χ4n) is 4.40. The van der Waals surface area contributed by atoms with Gasteiger partial charge in [0.25, 0.3) is 20.0 Å². The van der Waals surface area contributed by atoms with Gasteiger partial charge in [0.2, 0.25) is 5.91 Å². The maximum atomic E-state index is 13.6. The van der Waals surface area contributed by atoms with Crippen molar-refractivity contribution >= 4 is 65.4 Å². The topological polar surface area (TPSA) is 113 Å². The molecule has 5 aromatic rings. The van der Waals surface area contributed by atoms with Gasteiger partial charge in [-0.05, 0) is 84.6 Å². The third-order valence-corrected chi connectivity index (χ3v) is 9.88. The zero-order valence-corrected chi connectivity index (χ0v) is 24.7. The van der Waals surface area contributed by atoms with Crippen molar-refractivity contribution in [3.63, 3.8) is 0 Å². The van der Waals surface area contributed by atoms with Crippen LogP contribution in [-0.4, -0.2) is 29.3 Å². The molecule has 8 nitrogen and oxygen atoms in total. The summed E-state index contributed by atoms with van der Waals surface area (Å²) in [6.45, 7) is 1.30. The Kier molecular flexibility index (Phi) is 8.22. The minimum atomic E-state index is -4.12. The number of amides is 1. The van der Waals surface area contributed by atoms with Crippen LogP contribution in [-0.2, 0) is 24.8 Å². The lowest BCUT2D eigenvalue weighted by molar-refractivity contribution is -0.114. The summed E-state index contributed by atoms with van der Waals surface area (Å²) in [6, 6.07) is 30.9. The molecule has 0 unspecified atom stereocenters. The van der Waals surface area contributed by atoms with Gasteiger partial charge in [0.05, 0.1) is 21.2 Å². The number of carbonyl (C=O) groups is 1. The van der Waals surface area contributed by atoms with Crippen LogP contribution >= 0.6 is 11.6 Å². The Labute approximate surface area is 249 Å². The van der Waals surface area contributed by atoms with Crippen LogP contribution in [0.2, 0.25) is 5.02 Å². The maximum absolute atomic E-state index is 13.6. The van der Waals surface area contributed by atoms with E-state index in [1.54, 1.807) is 30.3 Å². The first-order valence-corrected chi connectivity index (χ1v) is 16.1. The third kappa shape index (κ3) is 6.41. The van der Waals surface area contributed by atoms with Crippen molar-refractivity contribution in [2.75, 3.05) is 20.9 Å². The fourth-order valence-corrected chi connectivity index (χ4v) is 7.02. The minimum Gasteiger partial charge on any atom is -0.325 e. The van der Waals surface area contributed by atoms with E-state index >= 15 is 0 Å². The van der Waals surface area contributed by atoms with E-state index in [1.165, 1.54) is 48.5 Å². The van der Waals surface area contributed by atoms with E-state index in [-0.39, 0.29) is 9.79 Å². The predicted molar refractivity (Wildman–Crippen MR) is 167 cm³/mol. The number of aryl methyl sites for hydroxylation is 1. The highest BCUT2D eigenvalue weighted by Gasteiger charge is 2.27. The van der Waals surface area contributed by atoms with Gasteiger partial charge in [-0.1, -0.05) is 60.1 Å². The monoisotopic (exact) mass is 619 g/mol. The molecule has 5 aromatic carbocycles. The van der Waals surface area contributed by atoms with E-state index in [0.29, 0.717) is 22.1 Å². The lowest BCUT2D eigenvalue weighted by atomic mass is 10.1. The molecule has 0 aliphatic rings. The van der Waals surface area contributed by atoms with E-state index < -0.39 is 32.5 Å². The predicted octanol–water partition coefficient (Wildman–Crippen LogP) is 6.44. The first-order chi connectivity index (χ1) is 20.0. The number of halogens is 1. The average Bonchev–Trinajstić information content (AvgIpc) is 2.96. The number of nitrogens with zero attached hydrogens (tertiary/aromatic N) is 1. The van der Waals surface area contributed by atoms with Crippen LogP contribution in [0.5, 0.6) is 0 Å². The second-order valence-electron chi connectivity index (χ2n) is 9.51. The van der Waals surface area contributed by atoms with Gasteiger partial charge in [-0.15, -0.1) is 0 Å². The molecular formula is C31H26ClN3O5S2. The van der Waals surface area contributed by atoms with Crippen LogP contribution in [0, 0.1) is 6.92 Å². The number of benzene rings is 5. The number of hydrogen-bond acceptors (Lipinski definition) is 5. The Morgan fingerprint density at radius 3 is 2.12 bits per heavy atom. The average molecular weight is 620 g/mol. The zero-order valence-electron chi connectivity index (χ0n) is 22.4. The first-order valence-electron chi connectivity index (χ1n) is 12.8. The quantitative estimate of drug-likeness (QED) is 0.197. The molecule has 1 amide bonds. The number of hydrogen-bond donors (Lipinski definition) is 2. The molecule has 42 heavy (non-hydrogen) atoms. The van der Waals surface area contributed by atoms with Crippen LogP contribution < -0.4 is 14.3 Å². The van der Waals surface area contributed by atoms with Crippen LogP contribution in [0.3, 0.4) is 0 Å². The summed E-state index contributed by atoms with van der Waals surface area (Å²) < 4.78 is 57.0. The number of fused-ring (bicyclic) bond motifs is 1. The summed E-state index contributed by atoms with van der Waals surface area (Å²) in [6.07, 6.45) is 0. The molecule has 0 fully saturated rings. The van der Waals surface area contributed by atoms with E-state index in [1.807, 2.05) is 43.3 Å². The zero-order chi connectivity index (χ0) is 29.9. The van der Waals surface area contributed by atoms with Gasteiger partial charge in [0, 0.05) is 16.1 Å². The molecule has 0 heterocycles. The Bertz CT molecular complexity index is 1970. The number of sulfonamides is 2. The van der Waals surface area contributed by atoms with Crippen molar-refractivity contribution < 1.29 is 21.6 Å². The molecule has 0 aliphatic carbocycles. The van der Waals surface area contributed by atoms with Crippen LogP contribution in [0.1, 0.15) is 5.56 Å². The van der Waals surface area contributed by atoms with Gasteiger partial charge >= 0.3 is 0 Å². The number of anilines is 3. The van der Waals surface area contributed by atoms with Crippen LogP contribution in [0.4, 0.5) is 17.1 Å². The Morgan fingerprint density at radius 2 is 1.40 bits per heavy atom. The lowest BCUT2D eigenvalue weighted by Gasteiger charge is -2.24. The van der Waals surface area contributed by atoms with Crippen molar-refractivity contribution in [1.82, 2.24) is 0 Å². The highest BCUT2D eigenvalue weighted by molar-refractivity contribution is 7.93. The van der Waals surface area contributed by atoms with Gasteiger partial charge in [0.1, 0.15) is 6.54 Å². The molecule has 0 radical (unpaired) electrons. The highest BCUT2D eigenvalue weighted by atomic mass is 35.5. The van der Waals surface area contributed by atoms with Gasteiger partial charge < -0.3 is 5.32 Å². The molecule has 0 saturated carbocycles. The largest absolute Gasteiger partial charge is 0.325 e. The molecule has 5 rings (SSSR count). The minimum absolute atomic E-state index is 0.000127. The smallest absolute Gasteiger partial charge is 0.264 e. The molecule has 0 aliphatic heterocycles. The van der Waals surface area contributed by atoms with Gasteiger partial charge in [-0.3, -0.25) is 13.8 Å². The Balaban J connectivity index is 1.34. The molecule has 0 spiro atoms. The molecule has 214 valence electrons. The molecule has 0 saturated heterocycles. The van der Waals surface area contributed by atoms with Crippen molar-refractivity contribution in [3.05, 3.63) is 126 Å². The second kappa shape index (κ2) is 11.8. The lowest BCUT2D eigenvalue weighted by Crippen LogP contribution is -2.38. The van der Waals surface area contributed by atoms with Gasteiger partial charge in [-0.25, -0.2) is 16.8 Å². The fraction of sp³-hybridized carbons (Fsp3) is 0.0645. The van der Waals surface area contributed by atoms with E-state index in [2.05, 4.69) is 10.0 Å². The number of carbonyl (C=O) groups excluding carboxylic acids is 1. The summed E-state index contributed by atoms with van der Waals surface area (Å²) >= 11 is 5.94. The number of rotatable bonds is 9. The summed E-state index contributed by atoms with van der Waals surface area (Å²) in [4.78, 5) is 13.1. The Morgan fingerprint density at radius 1 is 0.762 bits per heavy atom. The number of nitrogens with one attached hydrogen (secondary N) is 2. The van der Waals surface area contributed by atoms with E-state index in [0.717, 1.165) is 20.6 Å². The second-order valence-corrected chi connectivity index (χ2v) is 13.5. The van der Waals surface area contributed by atoms with E-state index in [9.17, 15) is 21.6 Å². The first kappa shape index (κ1) is 29.1. The van der Waals surface area contributed by atoms with Crippen LogP contribution in [0.15, 0.2) is 125 Å². The highest BCUT2D eigenvalue weighted by Crippen LogP contribution is 2.27. The summed E-state index contributed by atoms with van der Waals surface area (Å²) in [7, 11) is -8.04. The molecule has 2 N–H and O–H groups in total. The molecular weight excluding hydrogens is 594 g/mol. The molecule has 0 aromatic heterocycles. The van der Waals surface area contributed by atoms with Crippen LogP contribution in [0.25, 0.3) is 10.8 Å². The van der Waals surface area contributed by atoms with Gasteiger partial charge in [-0.2, -0.15) is 0 Å². The molecule has 0 atom stereocenters. The van der Waals surface area contributed by atoms with Crippen molar-refractivity contribution in [2.24, 2.45) is 0 Å². The Hall–Kier alpha value is -4.38.